The molecule has 1 aliphatic rings. The van der Waals surface area contributed by atoms with Crippen LogP contribution in [0.2, 0.25) is 5.02 Å². The first kappa shape index (κ1) is 28.4. The van der Waals surface area contributed by atoms with E-state index in [0.29, 0.717) is 46.0 Å². The van der Waals surface area contributed by atoms with Gasteiger partial charge in [-0.15, -0.1) is 0 Å². The summed E-state index contributed by atoms with van der Waals surface area (Å²) < 4.78 is 45.4. The minimum absolute atomic E-state index is 0.0253. The first-order valence-electron chi connectivity index (χ1n) is 11.9. The number of benzene rings is 1. The van der Waals surface area contributed by atoms with Crippen molar-refractivity contribution in [2.75, 3.05) is 31.2 Å². The van der Waals surface area contributed by atoms with Gasteiger partial charge in [-0.2, -0.15) is 8.78 Å². The number of carboxylic acids is 1. The van der Waals surface area contributed by atoms with E-state index in [0.717, 1.165) is 12.8 Å². The molecule has 3 aromatic rings. The summed E-state index contributed by atoms with van der Waals surface area (Å²) in [4.78, 5) is 20.8. The van der Waals surface area contributed by atoms with Crippen LogP contribution in [-0.2, 0) is 20.2 Å². The minimum atomic E-state index is -3.30. The molecule has 0 bridgehead atoms. The summed E-state index contributed by atoms with van der Waals surface area (Å²) in [6, 6.07) is 4.99. The molecule has 11 heteroatoms. The molecular weight excluding hydrogens is 508 g/mol. The second kappa shape index (κ2) is 11.9. The highest BCUT2D eigenvalue weighted by Crippen LogP contribution is 2.39. The smallest absolute Gasteiger partial charge is 0.329 e. The van der Waals surface area contributed by atoms with Crippen LogP contribution >= 0.6 is 11.6 Å². The standard InChI is InChI=1S/C20H20ClF2N3O4.C6H10O/c21-12-4-5-13-14(10-12)30-17-16(13)24-19(25-18(17)26-7-1-2-8-26)20(22,23)6-3-9-29-11-15(27)28;1-5-7-6(2,3)4/h4-5,10H,1-3,6-9,11H2,(H,27,28);1H,2-4H3. The molecule has 8 nitrogen and oxygen atoms in total. The van der Waals surface area contributed by atoms with Crippen molar-refractivity contribution in [3.63, 3.8) is 0 Å². The Hall–Kier alpha value is -3.16. The van der Waals surface area contributed by atoms with Gasteiger partial charge in [0, 0.05) is 42.6 Å². The summed E-state index contributed by atoms with van der Waals surface area (Å²) in [5.41, 5.74) is 0.984. The van der Waals surface area contributed by atoms with Gasteiger partial charge in [0.05, 0.1) is 0 Å². The van der Waals surface area contributed by atoms with E-state index < -0.39 is 30.7 Å². The summed E-state index contributed by atoms with van der Waals surface area (Å²) in [5, 5.41) is 9.63. The van der Waals surface area contributed by atoms with Crippen molar-refractivity contribution in [2.45, 2.75) is 58.0 Å². The van der Waals surface area contributed by atoms with Gasteiger partial charge in [0.2, 0.25) is 5.82 Å². The number of nitrogens with zero attached hydrogens (tertiary/aromatic N) is 3. The molecule has 1 N–H and O–H groups in total. The highest BCUT2D eigenvalue weighted by Gasteiger charge is 2.37. The van der Waals surface area contributed by atoms with Crippen molar-refractivity contribution in [1.82, 2.24) is 9.97 Å². The van der Waals surface area contributed by atoms with Gasteiger partial charge in [0.15, 0.2) is 11.4 Å². The Morgan fingerprint density at radius 3 is 2.57 bits per heavy atom. The van der Waals surface area contributed by atoms with Gasteiger partial charge < -0.3 is 23.9 Å². The number of hydrogen-bond acceptors (Lipinski definition) is 7. The zero-order chi connectivity index (χ0) is 27.2. The number of aliphatic carboxylic acids is 1. The molecule has 1 saturated heterocycles. The van der Waals surface area contributed by atoms with E-state index >= 15 is 0 Å². The third-order valence-electron chi connectivity index (χ3n) is 5.36. The summed E-state index contributed by atoms with van der Waals surface area (Å²) in [6.45, 7) is 6.54. The molecule has 1 aliphatic heterocycles. The monoisotopic (exact) mass is 537 g/mol. The maximum absolute atomic E-state index is 14.9. The van der Waals surface area contributed by atoms with Crippen LogP contribution in [0.1, 0.15) is 52.3 Å². The van der Waals surface area contributed by atoms with E-state index in [1.165, 1.54) is 0 Å². The van der Waals surface area contributed by atoms with Crippen LogP contribution in [0.5, 0.6) is 0 Å². The molecule has 0 amide bonds. The topological polar surface area (TPSA) is 97.9 Å². The second-order valence-corrected chi connectivity index (χ2v) is 10.0. The molecule has 1 aromatic carbocycles. The first-order valence-corrected chi connectivity index (χ1v) is 12.3. The normalized spacial score (nSPS) is 13.9. The molecule has 0 saturated carbocycles. The van der Waals surface area contributed by atoms with Crippen molar-refractivity contribution in [1.29, 1.82) is 0 Å². The number of ether oxygens (including phenoxy) is 2. The summed E-state index contributed by atoms with van der Waals surface area (Å²) in [7, 11) is 0. The average Bonchev–Trinajstić information content (AvgIpc) is 3.45. The number of fused-ring (bicyclic) bond motifs is 3. The second-order valence-electron chi connectivity index (χ2n) is 9.57. The van der Waals surface area contributed by atoms with Gasteiger partial charge in [-0.3, -0.25) is 0 Å². The van der Waals surface area contributed by atoms with Gasteiger partial charge in [-0.1, -0.05) is 18.0 Å². The largest absolute Gasteiger partial charge is 0.480 e. The molecule has 3 heterocycles. The quantitative estimate of drug-likeness (QED) is 0.276. The van der Waals surface area contributed by atoms with Crippen LogP contribution in [0.3, 0.4) is 0 Å². The van der Waals surface area contributed by atoms with E-state index in [-0.39, 0.29) is 18.6 Å². The number of rotatable bonds is 8. The fourth-order valence-electron chi connectivity index (χ4n) is 3.75. The number of halogens is 3. The lowest BCUT2D eigenvalue weighted by atomic mass is 10.1. The molecule has 0 unspecified atom stereocenters. The minimum Gasteiger partial charge on any atom is -0.480 e. The zero-order valence-electron chi connectivity index (χ0n) is 21.0. The van der Waals surface area contributed by atoms with Crippen molar-refractivity contribution in [3.05, 3.63) is 29.0 Å². The van der Waals surface area contributed by atoms with E-state index in [1.807, 2.05) is 25.7 Å². The van der Waals surface area contributed by atoms with E-state index in [9.17, 15) is 13.6 Å². The lowest BCUT2D eigenvalue weighted by molar-refractivity contribution is -0.142. The SMILES string of the molecule is C#COC(C)(C)C.O=C(O)COCCCC(F)(F)c1nc(N2CCCC2)c2oc3cc(Cl)ccc3c2n1. The van der Waals surface area contributed by atoms with Crippen molar-refractivity contribution < 1.29 is 32.6 Å². The van der Waals surface area contributed by atoms with Crippen molar-refractivity contribution in [3.8, 4) is 12.5 Å². The summed E-state index contributed by atoms with van der Waals surface area (Å²) >= 11 is 6.04. The predicted octanol–water partition coefficient (Wildman–Crippen LogP) is 6.00. The molecule has 0 atom stereocenters. The molecule has 1 fully saturated rings. The molecule has 0 radical (unpaired) electrons. The third-order valence-corrected chi connectivity index (χ3v) is 5.60. The Morgan fingerprint density at radius 2 is 1.97 bits per heavy atom. The molecular formula is C26H30ClF2N3O5. The first-order chi connectivity index (χ1) is 17.4. The maximum atomic E-state index is 14.9. The third kappa shape index (κ3) is 7.66. The van der Waals surface area contributed by atoms with Crippen molar-refractivity contribution >= 4 is 45.5 Å². The highest BCUT2D eigenvalue weighted by atomic mass is 35.5. The molecule has 200 valence electrons. The molecule has 0 aliphatic carbocycles. The summed E-state index contributed by atoms with van der Waals surface area (Å²) in [6.07, 6.45) is 8.27. The van der Waals surface area contributed by atoms with Crippen LogP contribution in [0.15, 0.2) is 22.6 Å². The van der Waals surface area contributed by atoms with Crippen LogP contribution in [0.4, 0.5) is 14.6 Å². The Labute approximate surface area is 218 Å². The number of carbonyl (C=O) groups is 1. The van der Waals surface area contributed by atoms with Crippen LogP contribution in [0.25, 0.3) is 22.1 Å². The number of furan rings is 1. The lowest BCUT2D eigenvalue weighted by Crippen LogP contribution is -2.24. The van der Waals surface area contributed by atoms with Gasteiger partial charge >= 0.3 is 11.9 Å². The van der Waals surface area contributed by atoms with Gasteiger partial charge in [-0.25, -0.2) is 14.8 Å². The highest BCUT2D eigenvalue weighted by molar-refractivity contribution is 6.31. The zero-order valence-corrected chi connectivity index (χ0v) is 21.8. The fourth-order valence-corrected chi connectivity index (χ4v) is 3.91. The Kier molecular flexibility index (Phi) is 9.16. The van der Waals surface area contributed by atoms with Gasteiger partial charge in [0.1, 0.15) is 29.4 Å². The number of terminal acetylenes is 1. The number of alkyl halides is 2. The Morgan fingerprint density at radius 1 is 1.27 bits per heavy atom. The number of anilines is 1. The number of carboxylic acid groups (broad SMARTS) is 1. The average molecular weight is 538 g/mol. The molecule has 2 aromatic heterocycles. The number of aromatic nitrogens is 2. The molecule has 4 rings (SSSR count). The van der Waals surface area contributed by atoms with E-state index in [2.05, 4.69) is 16.1 Å². The van der Waals surface area contributed by atoms with Gasteiger partial charge in [-0.05, 0) is 52.2 Å². The number of hydrogen-bond donors (Lipinski definition) is 1. The van der Waals surface area contributed by atoms with Crippen molar-refractivity contribution in [2.24, 2.45) is 0 Å². The lowest BCUT2D eigenvalue weighted by Gasteiger charge is -2.20. The molecule has 37 heavy (non-hydrogen) atoms. The van der Waals surface area contributed by atoms with Crippen LogP contribution < -0.4 is 4.90 Å². The van der Waals surface area contributed by atoms with E-state index in [4.69, 9.17) is 37.0 Å². The Bertz CT molecular complexity index is 1280. The fraction of sp³-hybridized carbons (Fsp3) is 0.500. The van der Waals surface area contributed by atoms with Crippen LogP contribution in [0, 0.1) is 12.5 Å². The van der Waals surface area contributed by atoms with Crippen LogP contribution in [-0.4, -0.2) is 52.9 Å². The summed E-state index contributed by atoms with van der Waals surface area (Å²) in [5.74, 6) is -4.65. The Balaban J connectivity index is 0.000000479. The maximum Gasteiger partial charge on any atom is 0.329 e. The van der Waals surface area contributed by atoms with Gasteiger partial charge in [0.25, 0.3) is 0 Å². The van der Waals surface area contributed by atoms with E-state index in [1.54, 1.807) is 18.2 Å². The molecule has 0 spiro atoms. The predicted molar refractivity (Wildman–Crippen MR) is 137 cm³/mol.